The average molecular weight is 408 g/mol. The van der Waals surface area contributed by atoms with Gasteiger partial charge < -0.3 is 0 Å². The molecule has 0 saturated heterocycles. The Kier molecular flexibility index (Phi) is 5.52. The Bertz CT molecular complexity index is 1060. The maximum Gasteiger partial charge on any atom is 0.262 e. The predicted octanol–water partition coefficient (Wildman–Crippen LogP) is 2.52. The molecule has 0 radical (unpaired) electrons. The lowest BCUT2D eigenvalue weighted by atomic mass is 10.2. The highest BCUT2D eigenvalue weighted by Gasteiger charge is 2.20. The molecule has 0 bridgehead atoms. The zero-order chi connectivity index (χ0) is 19.5. The molecule has 2 N–H and O–H groups in total. The van der Waals surface area contributed by atoms with Crippen LogP contribution in [-0.4, -0.2) is 29.2 Å². The minimum absolute atomic E-state index is 0.0290. The summed E-state index contributed by atoms with van der Waals surface area (Å²) in [6.45, 7) is 2.59. The molecule has 7 nitrogen and oxygen atoms in total. The highest BCUT2D eigenvalue weighted by molar-refractivity contribution is 7.92. The molecular formula is C18H21N3O4S2. The third-order valence-electron chi connectivity index (χ3n) is 4.16. The molecule has 0 spiro atoms. The summed E-state index contributed by atoms with van der Waals surface area (Å²) in [5.41, 5.74) is 1.20. The summed E-state index contributed by atoms with van der Waals surface area (Å²) < 4.78 is 54.9. The number of amidine groups is 1. The van der Waals surface area contributed by atoms with Gasteiger partial charge in [-0.3, -0.25) is 14.4 Å². The first-order valence-electron chi connectivity index (χ1n) is 8.58. The zero-order valence-corrected chi connectivity index (χ0v) is 16.5. The zero-order valence-electron chi connectivity index (χ0n) is 14.8. The van der Waals surface area contributed by atoms with Gasteiger partial charge in [0.2, 0.25) is 0 Å². The van der Waals surface area contributed by atoms with Crippen LogP contribution in [0.3, 0.4) is 0 Å². The highest BCUT2D eigenvalue weighted by atomic mass is 32.2. The molecule has 0 aromatic heterocycles. The molecule has 1 heterocycles. The van der Waals surface area contributed by atoms with Crippen molar-refractivity contribution in [2.24, 2.45) is 4.99 Å². The molecule has 144 valence electrons. The second-order valence-electron chi connectivity index (χ2n) is 6.17. The SMILES string of the molecule is CCc1ccc(S(=O)(=O)Nc2cccc(S(=O)(=O)NC3=NCCC3)c2)cc1. The summed E-state index contributed by atoms with van der Waals surface area (Å²) in [6, 6.07) is 12.3. The lowest BCUT2D eigenvalue weighted by molar-refractivity contribution is 0.591. The van der Waals surface area contributed by atoms with E-state index in [1.807, 2.05) is 6.92 Å². The standard InChI is InChI=1S/C18H21N3O4S2/c1-2-14-8-10-16(11-9-14)26(22,23)20-15-5-3-6-17(13-15)27(24,25)21-18-7-4-12-19-18/h3,5-6,8-11,13,20H,2,4,7,12H2,1H3,(H,19,21). The molecular weight excluding hydrogens is 386 g/mol. The van der Waals surface area contributed by atoms with E-state index in [0.717, 1.165) is 18.4 Å². The van der Waals surface area contributed by atoms with E-state index in [4.69, 9.17) is 0 Å². The van der Waals surface area contributed by atoms with Crippen LogP contribution in [0.5, 0.6) is 0 Å². The molecule has 0 fully saturated rings. The van der Waals surface area contributed by atoms with Crippen LogP contribution in [-0.2, 0) is 26.5 Å². The first kappa shape index (κ1) is 19.4. The summed E-state index contributed by atoms with van der Waals surface area (Å²) in [5, 5.41) is 0. The van der Waals surface area contributed by atoms with Crippen molar-refractivity contribution in [2.75, 3.05) is 11.3 Å². The Morgan fingerprint density at radius 3 is 2.26 bits per heavy atom. The number of hydrogen-bond donors (Lipinski definition) is 2. The molecule has 0 atom stereocenters. The van der Waals surface area contributed by atoms with E-state index in [1.165, 1.54) is 36.4 Å². The number of rotatable bonds is 6. The predicted molar refractivity (Wildman–Crippen MR) is 105 cm³/mol. The van der Waals surface area contributed by atoms with Gasteiger partial charge >= 0.3 is 0 Å². The number of sulfonamides is 2. The molecule has 9 heteroatoms. The fourth-order valence-corrected chi connectivity index (χ4v) is 4.87. The number of aryl methyl sites for hydroxylation is 1. The number of benzene rings is 2. The molecule has 2 aromatic rings. The van der Waals surface area contributed by atoms with Gasteiger partial charge in [-0.2, -0.15) is 0 Å². The fraction of sp³-hybridized carbons (Fsp3) is 0.278. The number of nitrogens with one attached hydrogen (secondary N) is 2. The van der Waals surface area contributed by atoms with Crippen molar-refractivity contribution in [3.05, 3.63) is 54.1 Å². The molecule has 0 amide bonds. The summed E-state index contributed by atoms with van der Waals surface area (Å²) in [5.74, 6) is 0.428. The van der Waals surface area contributed by atoms with Crippen LogP contribution in [0.15, 0.2) is 63.3 Å². The largest absolute Gasteiger partial charge is 0.280 e. The fourth-order valence-electron chi connectivity index (χ4n) is 2.68. The average Bonchev–Trinajstić information content (AvgIpc) is 3.14. The van der Waals surface area contributed by atoms with Gasteiger partial charge in [-0.15, -0.1) is 0 Å². The van der Waals surface area contributed by atoms with E-state index in [0.29, 0.717) is 18.8 Å². The van der Waals surface area contributed by atoms with Gasteiger partial charge in [0.05, 0.1) is 15.5 Å². The van der Waals surface area contributed by atoms with E-state index in [-0.39, 0.29) is 15.5 Å². The van der Waals surface area contributed by atoms with Gasteiger partial charge in [-0.25, -0.2) is 16.8 Å². The molecule has 0 unspecified atom stereocenters. The Hall–Kier alpha value is -2.39. The van der Waals surface area contributed by atoms with Gasteiger partial charge in [0.15, 0.2) is 0 Å². The topological polar surface area (TPSA) is 105 Å². The van der Waals surface area contributed by atoms with Crippen LogP contribution in [0.4, 0.5) is 5.69 Å². The van der Waals surface area contributed by atoms with E-state index in [1.54, 1.807) is 12.1 Å². The summed E-state index contributed by atoms with van der Waals surface area (Å²) in [7, 11) is -7.62. The third-order valence-corrected chi connectivity index (χ3v) is 6.94. The maximum atomic E-state index is 12.5. The van der Waals surface area contributed by atoms with E-state index in [2.05, 4.69) is 14.4 Å². The first-order chi connectivity index (χ1) is 12.8. The lowest BCUT2D eigenvalue weighted by Gasteiger charge is -2.11. The number of aliphatic imine (C=N–C) groups is 1. The van der Waals surface area contributed by atoms with Gasteiger partial charge in [-0.05, 0) is 48.7 Å². The van der Waals surface area contributed by atoms with Crippen LogP contribution >= 0.6 is 0 Å². The van der Waals surface area contributed by atoms with Crippen LogP contribution in [0, 0.1) is 0 Å². The first-order valence-corrected chi connectivity index (χ1v) is 11.5. The molecule has 1 aliphatic rings. The van der Waals surface area contributed by atoms with Gasteiger partial charge in [0.1, 0.15) is 5.84 Å². The van der Waals surface area contributed by atoms with Crippen molar-refractivity contribution in [3.63, 3.8) is 0 Å². The number of hydrogen-bond acceptors (Lipinski definition) is 5. The number of anilines is 1. The van der Waals surface area contributed by atoms with Crippen molar-refractivity contribution < 1.29 is 16.8 Å². The molecule has 2 aromatic carbocycles. The van der Waals surface area contributed by atoms with E-state index >= 15 is 0 Å². The Morgan fingerprint density at radius 2 is 1.63 bits per heavy atom. The Balaban J connectivity index is 1.82. The van der Waals surface area contributed by atoms with E-state index < -0.39 is 20.0 Å². The molecule has 27 heavy (non-hydrogen) atoms. The second-order valence-corrected chi connectivity index (χ2v) is 9.53. The normalized spacial score (nSPS) is 14.6. The van der Waals surface area contributed by atoms with Gasteiger partial charge in [0.25, 0.3) is 20.0 Å². The minimum Gasteiger partial charge on any atom is -0.280 e. The van der Waals surface area contributed by atoms with Crippen molar-refractivity contribution in [2.45, 2.75) is 36.0 Å². The molecule has 1 aliphatic heterocycles. The van der Waals surface area contributed by atoms with Gasteiger partial charge in [-0.1, -0.05) is 25.1 Å². The minimum atomic E-state index is -3.81. The molecule has 0 aliphatic carbocycles. The van der Waals surface area contributed by atoms with Crippen LogP contribution < -0.4 is 9.44 Å². The summed E-state index contributed by atoms with van der Waals surface area (Å²) >= 11 is 0. The van der Waals surface area contributed by atoms with E-state index in [9.17, 15) is 16.8 Å². The Labute approximate surface area is 159 Å². The van der Waals surface area contributed by atoms with Gasteiger partial charge in [0, 0.05) is 13.0 Å². The second kappa shape index (κ2) is 7.69. The monoisotopic (exact) mass is 407 g/mol. The quantitative estimate of drug-likeness (QED) is 0.768. The van der Waals surface area contributed by atoms with Crippen molar-refractivity contribution >= 4 is 31.6 Å². The molecule has 3 rings (SSSR count). The maximum absolute atomic E-state index is 12.5. The highest BCUT2D eigenvalue weighted by Crippen LogP contribution is 2.20. The van der Waals surface area contributed by atoms with Crippen molar-refractivity contribution in [1.29, 1.82) is 0 Å². The third kappa shape index (κ3) is 4.67. The lowest BCUT2D eigenvalue weighted by Crippen LogP contribution is -2.29. The summed E-state index contributed by atoms with van der Waals surface area (Å²) in [6.07, 6.45) is 2.21. The van der Waals surface area contributed by atoms with Crippen LogP contribution in [0.25, 0.3) is 0 Å². The smallest absolute Gasteiger partial charge is 0.262 e. The van der Waals surface area contributed by atoms with Crippen LogP contribution in [0.1, 0.15) is 25.3 Å². The number of nitrogens with zero attached hydrogens (tertiary/aromatic N) is 1. The Morgan fingerprint density at radius 1 is 0.926 bits per heavy atom. The summed E-state index contributed by atoms with van der Waals surface area (Å²) in [4.78, 5) is 4.18. The van der Waals surface area contributed by atoms with Crippen molar-refractivity contribution in [3.8, 4) is 0 Å². The van der Waals surface area contributed by atoms with Crippen molar-refractivity contribution in [1.82, 2.24) is 4.72 Å². The van der Waals surface area contributed by atoms with Crippen LogP contribution in [0.2, 0.25) is 0 Å². The molecule has 0 saturated carbocycles.